The second kappa shape index (κ2) is 8.03. The number of hydrogen-bond donors (Lipinski definition) is 0. The lowest BCUT2D eigenvalue weighted by Crippen LogP contribution is -1.98. The molecule has 0 unspecified atom stereocenters. The van der Waals surface area contributed by atoms with Gasteiger partial charge in [0.1, 0.15) is 12.1 Å². The van der Waals surface area contributed by atoms with Crippen LogP contribution >= 0.6 is 0 Å². The van der Waals surface area contributed by atoms with E-state index in [0.29, 0.717) is 11.1 Å². The summed E-state index contributed by atoms with van der Waals surface area (Å²) in [4.78, 5) is 21.8. The van der Waals surface area contributed by atoms with Gasteiger partial charge in [-0.05, 0) is 23.3 Å². The normalized spacial score (nSPS) is 11.1. The van der Waals surface area contributed by atoms with Gasteiger partial charge in [0.2, 0.25) is 11.5 Å². The molecule has 0 aliphatic carbocycles. The van der Waals surface area contributed by atoms with Gasteiger partial charge in [0.25, 0.3) is 0 Å². The molecule has 110 valence electrons. The Hall–Kier alpha value is -3.38. The number of carbonyl (C=O) groups is 2. The van der Waals surface area contributed by atoms with Crippen molar-refractivity contribution >= 4 is 24.1 Å². The van der Waals surface area contributed by atoms with E-state index in [4.69, 9.17) is 20.0 Å². The molecular weight excluding hydrogens is 284 g/mol. The van der Waals surface area contributed by atoms with Crippen LogP contribution in [0.15, 0.2) is 35.8 Å². The van der Waals surface area contributed by atoms with Crippen LogP contribution in [0.2, 0.25) is 0 Å². The molecule has 1 aromatic rings. The van der Waals surface area contributed by atoms with E-state index in [1.807, 2.05) is 0 Å². The molecule has 0 atom stereocenters. The fraction of sp³-hybridized carbons (Fsp3) is 0.125. The minimum atomic E-state index is -0.613. The predicted octanol–water partition coefficient (Wildman–Crippen LogP) is 2.54. The first-order valence-corrected chi connectivity index (χ1v) is 6.15. The zero-order valence-corrected chi connectivity index (χ0v) is 12.0. The number of ether oxygens (including phenoxy) is 2. The summed E-state index contributed by atoms with van der Waals surface area (Å²) in [6.45, 7) is 2.37. The van der Waals surface area contributed by atoms with Crippen LogP contribution in [0.5, 0.6) is 0 Å². The molecule has 0 amide bonds. The van der Waals surface area contributed by atoms with E-state index in [9.17, 15) is 9.59 Å². The van der Waals surface area contributed by atoms with E-state index < -0.39 is 11.9 Å². The summed E-state index contributed by atoms with van der Waals surface area (Å²) in [5.74, 6) is -1.59. The lowest BCUT2D eigenvalue weighted by Gasteiger charge is -2.04. The van der Waals surface area contributed by atoms with Crippen molar-refractivity contribution in [3.8, 4) is 12.1 Å². The van der Waals surface area contributed by atoms with Crippen LogP contribution in [0.1, 0.15) is 25.0 Å². The fourth-order valence-electron chi connectivity index (χ4n) is 1.54. The zero-order chi connectivity index (χ0) is 16.5. The molecule has 0 aliphatic heterocycles. The number of nitriles is 2. The Labute approximate surface area is 127 Å². The Kier molecular flexibility index (Phi) is 6.09. The molecule has 22 heavy (non-hydrogen) atoms. The maximum atomic E-state index is 10.9. The van der Waals surface area contributed by atoms with Crippen molar-refractivity contribution in [2.45, 2.75) is 13.8 Å². The maximum Gasteiger partial charge on any atom is 0.308 e. The molecular formula is C16H12N2O4. The first-order valence-electron chi connectivity index (χ1n) is 6.15. The average Bonchev–Trinajstić information content (AvgIpc) is 2.46. The molecule has 0 aliphatic rings. The molecule has 1 rings (SSSR count). The highest BCUT2D eigenvalue weighted by molar-refractivity contribution is 5.74. The molecule has 0 fully saturated rings. The summed E-state index contributed by atoms with van der Waals surface area (Å²) < 4.78 is 9.49. The van der Waals surface area contributed by atoms with E-state index in [1.165, 1.54) is 26.0 Å². The Balaban J connectivity index is 3.25. The maximum absolute atomic E-state index is 10.9. The van der Waals surface area contributed by atoms with Gasteiger partial charge in [-0.3, -0.25) is 9.59 Å². The average molecular weight is 296 g/mol. The highest BCUT2D eigenvalue weighted by Gasteiger charge is 2.06. The molecule has 0 spiro atoms. The van der Waals surface area contributed by atoms with Crippen molar-refractivity contribution in [2.75, 3.05) is 0 Å². The van der Waals surface area contributed by atoms with Crippen LogP contribution in [0.4, 0.5) is 0 Å². The number of nitrogens with zero attached hydrogens (tertiary/aromatic N) is 2. The number of allylic oxidation sites excluding steroid dienone is 2. The third-order valence-electron chi connectivity index (χ3n) is 2.30. The standard InChI is InChI=1S/C16H12N2O4/c1-11(19)21-15(9-17)7-13-5-3-4-6-14(13)8-16(10-18)22-12(2)20/h3-8H,1-2H3/b15-7-,16-8-. The Bertz CT molecular complexity index is 670. The van der Waals surface area contributed by atoms with Gasteiger partial charge in [-0.2, -0.15) is 10.5 Å². The zero-order valence-electron chi connectivity index (χ0n) is 12.0. The molecule has 0 saturated heterocycles. The van der Waals surface area contributed by atoms with Gasteiger partial charge in [-0.15, -0.1) is 0 Å². The van der Waals surface area contributed by atoms with E-state index in [1.54, 1.807) is 36.4 Å². The molecule has 6 nitrogen and oxygen atoms in total. The SMILES string of the molecule is CC(=O)O/C(C#N)=C\c1ccccc1/C=C(/C#N)OC(C)=O. The van der Waals surface area contributed by atoms with E-state index >= 15 is 0 Å². The Morgan fingerprint density at radius 1 is 0.909 bits per heavy atom. The second-order valence-electron chi connectivity index (χ2n) is 4.06. The lowest BCUT2D eigenvalue weighted by atomic mass is 10.1. The van der Waals surface area contributed by atoms with Gasteiger partial charge in [0.05, 0.1) is 0 Å². The summed E-state index contributed by atoms with van der Waals surface area (Å²) in [5.41, 5.74) is 1.06. The second-order valence-corrected chi connectivity index (χ2v) is 4.06. The van der Waals surface area contributed by atoms with Crippen LogP contribution in [0, 0.1) is 22.7 Å². The molecule has 1 aromatic carbocycles. The quantitative estimate of drug-likeness (QED) is 0.481. The lowest BCUT2D eigenvalue weighted by molar-refractivity contribution is -0.137. The highest BCUT2D eigenvalue weighted by atomic mass is 16.5. The minimum absolute atomic E-state index is 0.181. The fourth-order valence-corrected chi connectivity index (χ4v) is 1.54. The van der Waals surface area contributed by atoms with E-state index in [0.717, 1.165) is 0 Å². The van der Waals surface area contributed by atoms with Crippen molar-refractivity contribution in [2.24, 2.45) is 0 Å². The number of rotatable bonds is 4. The topological polar surface area (TPSA) is 100 Å². The van der Waals surface area contributed by atoms with Gasteiger partial charge >= 0.3 is 11.9 Å². The summed E-state index contributed by atoms with van der Waals surface area (Å²) in [7, 11) is 0. The summed E-state index contributed by atoms with van der Waals surface area (Å²) in [6, 6.07) is 10.3. The third-order valence-corrected chi connectivity index (χ3v) is 2.30. The first kappa shape index (κ1) is 16.7. The molecule has 0 bridgehead atoms. The molecule has 0 radical (unpaired) electrons. The van der Waals surface area contributed by atoms with Gasteiger partial charge in [-0.25, -0.2) is 0 Å². The number of hydrogen-bond acceptors (Lipinski definition) is 6. The van der Waals surface area contributed by atoms with Crippen molar-refractivity contribution in [3.63, 3.8) is 0 Å². The third kappa shape index (κ3) is 5.32. The number of benzene rings is 1. The molecule has 6 heteroatoms. The van der Waals surface area contributed by atoms with Crippen molar-refractivity contribution in [1.29, 1.82) is 10.5 Å². The number of carbonyl (C=O) groups excluding carboxylic acids is 2. The van der Waals surface area contributed by atoms with Crippen LogP contribution in [0.3, 0.4) is 0 Å². The van der Waals surface area contributed by atoms with Crippen molar-refractivity contribution < 1.29 is 19.1 Å². The number of esters is 2. The highest BCUT2D eigenvalue weighted by Crippen LogP contribution is 2.17. The predicted molar refractivity (Wildman–Crippen MR) is 77.2 cm³/mol. The molecule has 0 saturated carbocycles. The smallest absolute Gasteiger partial charge is 0.308 e. The molecule has 0 aromatic heterocycles. The van der Waals surface area contributed by atoms with Crippen LogP contribution in [-0.2, 0) is 19.1 Å². The van der Waals surface area contributed by atoms with E-state index in [2.05, 4.69) is 0 Å². The van der Waals surface area contributed by atoms with Crippen LogP contribution in [0.25, 0.3) is 12.2 Å². The summed E-state index contributed by atoms with van der Waals surface area (Å²) in [5, 5.41) is 17.9. The van der Waals surface area contributed by atoms with Gasteiger partial charge in [0, 0.05) is 13.8 Å². The van der Waals surface area contributed by atoms with Crippen molar-refractivity contribution in [1.82, 2.24) is 0 Å². The Morgan fingerprint density at radius 2 is 1.27 bits per heavy atom. The van der Waals surface area contributed by atoms with Crippen LogP contribution in [-0.4, -0.2) is 11.9 Å². The van der Waals surface area contributed by atoms with E-state index in [-0.39, 0.29) is 11.5 Å². The van der Waals surface area contributed by atoms with Gasteiger partial charge in [0.15, 0.2) is 0 Å². The largest absolute Gasteiger partial charge is 0.415 e. The first-order chi connectivity index (χ1) is 10.5. The monoisotopic (exact) mass is 296 g/mol. The van der Waals surface area contributed by atoms with Gasteiger partial charge < -0.3 is 9.47 Å². The summed E-state index contributed by atoms with van der Waals surface area (Å²) in [6.07, 6.45) is 2.71. The molecule has 0 N–H and O–H groups in total. The minimum Gasteiger partial charge on any atom is -0.415 e. The summed E-state index contributed by atoms with van der Waals surface area (Å²) >= 11 is 0. The van der Waals surface area contributed by atoms with Crippen molar-refractivity contribution in [3.05, 3.63) is 46.9 Å². The van der Waals surface area contributed by atoms with Gasteiger partial charge in [-0.1, -0.05) is 24.3 Å². The Morgan fingerprint density at radius 3 is 1.55 bits per heavy atom. The molecule has 0 heterocycles. The van der Waals surface area contributed by atoms with Crippen LogP contribution < -0.4 is 0 Å².